The quantitative estimate of drug-likeness (QED) is 0.547. The number of aryl methyl sites for hydroxylation is 1. The highest BCUT2D eigenvalue weighted by Gasteiger charge is 2.23. The van der Waals surface area contributed by atoms with E-state index in [1.165, 1.54) is 0 Å². The van der Waals surface area contributed by atoms with Crippen molar-refractivity contribution in [2.75, 3.05) is 7.11 Å². The number of methoxy groups -OCH3 is 1. The number of aromatic nitrogens is 3. The molecule has 0 bridgehead atoms. The van der Waals surface area contributed by atoms with E-state index in [0.29, 0.717) is 23.6 Å². The molecule has 0 atom stereocenters. The lowest BCUT2D eigenvalue weighted by atomic mass is 10.1. The Balaban J connectivity index is 1.71. The first-order valence-corrected chi connectivity index (χ1v) is 9.37. The average Bonchev–Trinajstić information content (AvgIpc) is 3.40. The topological polar surface area (TPSA) is 61.1 Å². The molecule has 0 saturated carbocycles. The highest BCUT2D eigenvalue weighted by atomic mass is 16.5. The van der Waals surface area contributed by atoms with Gasteiger partial charge in [0, 0.05) is 24.5 Å². The van der Waals surface area contributed by atoms with E-state index in [0.717, 1.165) is 17.0 Å². The molecule has 29 heavy (non-hydrogen) atoms. The second-order valence-electron chi connectivity index (χ2n) is 6.62. The molecule has 0 aliphatic heterocycles. The summed E-state index contributed by atoms with van der Waals surface area (Å²) in [7, 11) is 1.62. The lowest BCUT2D eigenvalue weighted by molar-refractivity contribution is 0.0950. The van der Waals surface area contributed by atoms with E-state index in [1.807, 2.05) is 90.6 Å². The molecule has 0 unspecified atom stereocenters. The van der Waals surface area contributed by atoms with Crippen LogP contribution in [0.1, 0.15) is 21.6 Å². The van der Waals surface area contributed by atoms with E-state index in [4.69, 9.17) is 4.74 Å². The molecular formula is C23H22N4O2. The minimum atomic E-state index is -0.181. The molecule has 1 amide bonds. The lowest BCUT2D eigenvalue weighted by Crippen LogP contribution is -2.25. The Morgan fingerprint density at radius 1 is 1.00 bits per heavy atom. The number of nitrogens with zero attached hydrogens (tertiary/aromatic N) is 3. The number of hydrogen-bond acceptors (Lipinski definition) is 3. The third-order valence-electron chi connectivity index (χ3n) is 4.74. The van der Waals surface area contributed by atoms with Crippen molar-refractivity contribution in [3.05, 3.63) is 95.9 Å². The van der Waals surface area contributed by atoms with Crippen molar-refractivity contribution in [1.82, 2.24) is 19.7 Å². The number of carbonyl (C=O) groups excluding carboxylic acids is 1. The molecule has 0 aliphatic carbocycles. The molecule has 0 spiro atoms. The molecule has 4 rings (SSSR count). The largest absolute Gasteiger partial charge is 0.496 e. The van der Waals surface area contributed by atoms with Crippen LogP contribution >= 0.6 is 0 Å². The fourth-order valence-corrected chi connectivity index (χ4v) is 3.36. The average molecular weight is 386 g/mol. The number of nitrogens with one attached hydrogen (secondary N) is 1. The van der Waals surface area contributed by atoms with Gasteiger partial charge in [-0.15, -0.1) is 0 Å². The summed E-state index contributed by atoms with van der Waals surface area (Å²) >= 11 is 0. The van der Waals surface area contributed by atoms with E-state index < -0.39 is 0 Å². The van der Waals surface area contributed by atoms with Crippen molar-refractivity contribution in [3.8, 4) is 17.3 Å². The predicted molar refractivity (Wildman–Crippen MR) is 112 cm³/mol. The SMILES string of the molecule is COc1ccccc1CNC(=O)c1c(C)nn(-c2ccccc2)c1-n1cccc1. The Bertz CT molecular complexity index is 1120. The van der Waals surface area contributed by atoms with Crippen LogP contribution in [0.25, 0.3) is 11.5 Å². The zero-order chi connectivity index (χ0) is 20.2. The number of ether oxygens (including phenoxy) is 1. The van der Waals surface area contributed by atoms with Crippen molar-refractivity contribution in [3.63, 3.8) is 0 Å². The van der Waals surface area contributed by atoms with E-state index in [-0.39, 0.29) is 5.91 Å². The zero-order valence-corrected chi connectivity index (χ0v) is 16.4. The maximum Gasteiger partial charge on any atom is 0.257 e. The van der Waals surface area contributed by atoms with Crippen molar-refractivity contribution >= 4 is 5.91 Å². The van der Waals surface area contributed by atoms with Crippen LogP contribution < -0.4 is 10.1 Å². The van der Waals surface area contributed by atoms with Crippen molar-refractivity contribution in [2.45, 2.75) is 13.5 Å². The summed E-state index contributed by atoms with van der Waals surface area (Å²) < 4.78 is 9.09. The van der Waals surface area contributed by atoms with Crippen LogP contribution in [0.4, 0.5) is 0 Å². The molecule has 0 fully saturated rings. The Hall–Kier alpha value is -3.80. The standard InChI is InChI=1S/C23H22N4O2/c1-17-21(22(28)24-16-18-10-6-7-13-20(18)29-2)23(26-14-8-9-15-26)27(25-17)19-11-4-3-5-12-19/h3-15H,16H2,1-2H3,(H,24,28). The third kappa shape index (κ3) is 3.65. The number of hydrogen-bond donors (Lipinski definition) is 1. The Morgan fingerprint density at radius 2 is 1.69 bits per heavy atom. The molecule has 146 valence electrons. The maximum atomic E-state index is 13.2. The summed E-state index contributed by atoms with van der Waals surface area (Å²) in [4.78, 5) is 13.2. The molecule has 2 aromatic carbocycles. The summed E-state index contributed by atoms with van der Waals surface area (Å²) in [6.07, 6.45) is 3.82. The summed E-state index contributed by atoms with van der Waals surface area (Å²) in [6.45, 7) is 2.22. The van der Waals surface area contributed by atoms with Gasteiger partial charge in [-0.25, -0.2) is 4.68 Å². The Labute approximate surface area is 169 Å². The normalized spacial score (nSPS) is 10.7. The molecule has 4 aromatic rings. The summed E-state index contributed by atoms with van der Waals surface area (Å²) in [5, 5.41) is 7.67. The molecule has 0 saturated heterocycles. The van der Waals surface area contributed by atoms with Gasteiger partial charge in [-0.1, -0.05) is 36.4 Å². The van der Waals surface area contributed by atoms with E-state index in [9.17, 15) is 4.79 Å². The fourth-order valence-electron chi connectivity index (χ4n) is 3.36. The van der Waals surface area contributed by atoms with Crippen LogP contribution in [0.5, 0.6) is 5.75 Å². The minimum absolute atomic E-state index is 0.181. The number of benzene rings is 2. The van der Waals surface area contributed by atoms with Crippen LogP contribution in [-0.2, 0) is 6.54 Å². The maximum absolute atomic E-state index is 13.2. The molecule has 0 radical (unpaired) electrons. The van der Waals surface area contributed by atoms with Gasteiger partial charge in [0.15, 0.2) is 5.82 Å². The number of para-hydroxylation sites is 2. The summed E-state index contributed by atoms with van der Waals surface area (Å²) in [5.74, 6) is 1.27. The van der Waals surface area contributed by atoms with Crippen LogP contribution in [0.3, 0.4) is 0 Å². The van der Waals surface area contributed by atoms with E-state index in [1.54, 1.807) is 11.8 Å². The van der Waals surface area contributed by atoms with Crippen molar-refractivity contribution in [2.24, 2.45) is 0 Å². The number of rotatable bonds is 6. The van der Waals surface area contributed by atoms with Gasteiger partial charge in [0.05, 0.1) is 18.5 Å². The highest BCUT2D eigenvalue weighted by molar-refractivity contribution is 5.98. The van der Waals surface area contributed by atoms with Crippen LogP contribution in [0.2, 0.25) is 0 Å². The fraction of sp³-hybridized carbons (Fsp3) is 0.130. The van der Waals surface area contributed by atoms with Gasteiger partial charge in [0.1, 0.15) is 11.3 Å². The first-order valence-electron chi connectivity index (χ1n) is 9.37. The summed E-state index contributed by atoms with van der Waals surface area (Å²) in [5.41, 5.74) is 3.01. The molecule has 6 nitrogen and oxygen atoms in total. The highest BCUT2D eigenvalue weighted by Crippen LogP contribution is 2.23. The molecule has 6 heteroatoms. The minimum Gasteiger partial charge on any atom is -0.496 e. The van der Waals surface area contributed by atoms with Crippen molar-refractivity contribution in [1.29, 1.82) is 0 Å². The molecular weight excluding hydrogens is 364 g/mol. The first-order chi connectivity index (χ1) is 14.2. The van der Waals surface area contributed by atoms with Crippen molar-refractivity contribution < 1.29 is 9.53 Å². The molecule has 0 aliphatic rings. The number of amides is 1. The van der Waals surface area contributed by atoms with E-state index >= 15 is 0 Å². The first kappa shape index (κ1) is 18.6. The predicted octanol–water partition coefficient (Wildman–Crippen LogP) is 3.91. The van der Waals surface area contributed by atoms with Crippen LogP contribution in [0, 0.1) is 6.92 Å². The molecule has 1 N–H and O–H groups in total. The van der Waals surface area contributed by atoms with Crippen LogP contribution in [0.15, 0.2) is 79.1 Å². The van der Waals surface area contributed by atoms with Gasteiger partial charge in [-0.3, -0.25) is 4.79 Å². The Kier molecular flexibility index (Phi) is 5.16. The second kappa shape index (κ2) is 8.06. The van der Waals surface area contributed by atoms with Gasteiger partial charge < -0.3 is 14.6 Å². The second-order valence-corrected chi connectivity index (χ2v) is 6.62. The third-order valence-corrected chi connectivity index (χ3v) is 4.74. The van der Waals surface area contributed by atoms with Gasteiger partial charge in [0.25, 0.3) is 5.91 Å². The lowest BCUT2D eigenvalue weighted by Gasteiger charge is -2.12. The van der Waals surface area contributed by atoms with Gasteiger partial charge in [-0.05, 0) is 37.3 Å². The Morgan fingerprint density at radius 3 is 2.41 bits per heavy atom. The molecule has 2 heterocycles. The monoisotopic (exact) mass is 386 g/mol. The summed E-state index contributed by atoms with van der Waals surface area (Å²) in [6, 6.07) is 21.3. The molecule has 2 aromatic heterocycles. The van der Waals surface area contributed by atoms with Gasteiger partial charge in [-0.2, -0.15) is 5.10 Å². The zero-order valence-electron chi connectivity index (χ0n) is 16.4. The van der Waals surface area contributed by atoms with E-state index in [2.05, 4.69) is 10.4 Å². The smallest absolute Gasteiger partial charge is 0.257 e. The van der Waals surface area contributed by atoms with Gasteiger partial charge >= 0.3 is 0 Å². The van der Waals surface area contributed by atoms with Crippen LogP contribution in [-0.4, -0.2) is 27.4 Å². The van der Waals surface area contributed by atoms with Gasteiger partial charge in [0.2, 0.25) is 0 Å². The number of carbonyl (C=O) groups is 1.